The first-order valence-corrected chi connectivity index (χ1v) is 12.6. The van der Waals surface area contributed by atoms with Gasteiger partial charge in [-0.15, -0.1) is 0 Å². The average molecular weight is 476 g/mol. The number of hydrogen-bond acceptors (Lipinski definition) is 4. The number of furan rings is 1. The summed E-state index contributed by atoms with van der Waals surface area (Å²) >= 11 is 0. The predicted octanol–water partition coefficient (Wildman–Crippen LogP) is 5.16. The first-order valence-electron chi connectivity index (χ1n) is 12.6. The second-order valence-electron chi connectivity index (χ2n) is 10.7. The Morgan fingerprint density at radius 2 is 1.86 bits per heavy atom. The lowest BCUT2D eigenvalue weighted by atomic mass is 9.84. The zero-order valence-electron chi connectivity index (χ0n) is 20.2. The number of rotatable bonds is 4. The molecule has 182 valence electrons. The van der Waals surface area contributed by atoms with Crippen molar-refractivity contribution in [2.75, 3.05) is 19.6 Å². The molecule has 3 aliphatic rings. The summed E-state index contributed by atoms with van der Waals surface area (Å²) in [6, 6.07) is 10.0. The van der Waals surface area contributed by atoms with Crippen LogP contribution in [-0.2, 0) is 10.2 Å². The molecule has 1 aromatic carbocycles. The van der Waals surface area contributed by atoms with Crippen molar-refractivity contribution < 1.29 is 18.4 Å². The maximum atomic E-state index is 13.5. The van der Waals surface area contributed by atoms with Gasteiger partial charge in [-0.05, 0) is 68.4 Å². The maximum Gasteiger partial charge on any atom is 0.289 e. The van der Waals surface area contributed by atoms with E-state index in [1.165, 1.54) is 12.1 Å². The van der Waals surface area contributed by atoms with E-state index < -0.39 is 0 Å². The third-order valence-corrected chi connectivity index (χ3v) is 8.13. The third kappa shape index (κ3) is 3.91. The summed E-state index contributed by atoms with van der Waals surface area (Å²) in [5, 5.41) is 0. The SMILES string of the molecule is C[C@H]1CN(C(=O)c2cc3nc(-c4ccc(F)cc4)cc(C4(C)CC4)c3o2)CCN1C(=O)C1CCC1. The zero-order valence-corrected chi connectivity index (χ0v) is 20.2. The molecule has 7 heteroatoms. The summed E-state index contributed by atoms with van der Waals surface area (Å²) in [6.45, 7) is 5.75. The maximum absolute atomic E-state index is 13.5. The number of amides is 2. The second-order valence-corrected chi connectivity index (χ2v) is 10.7. The molecular weight excluding hydrogens is 445 g/mol. The quantitative estimate of drug-likeness (QED) is 0.523. The molecule has 0 N–H and O–H groups in total. The molecule has 6 nitrogen and oxygen atoms in total. The van der Waals surface area contributed by atoms with Gasteiger partial charge in [0.2, 0.25) is 5.91 Å². The molecule has 35 heavy (non-hydrogen) atoms. The highest BCUT2D eigenvalue weighted by molar-refractivity contribution is 5.96. The Bertz CT molecular complexity index is 1310. The van der Waals surface area contributed by atoms with Crippen molar-refractivity contribution in [3.05, 3.63) is 53.5 Å². The van der Waals surface area contributed by atoms with Crippen molar-refractivity contribution in [1.82, 2.24) is 14.8 Å². The largest absolute Gasteiger partial charge is 0.449 e. The average Bonchev–Trinajstić information content (AvgIpc) is 3.41. The summed E-state index contributed by atoms with van der Waals surface area (Å²) in [5.74, 6) is 0.225. The molecule has 3 aromatic rings. The Morgan fingerprint density at radius 1 is 1.11 bits per heavy atom. The van der Waals surface area contributed by atoms with Crippen LogP contribution in [0.15, 0.2) is 40.8 Å². The topological polar surface area (TPSA) is 66.7 Å². The van der Waals surface area contributed by atoms with Crippen LogP contribution in [0.4, 0.5) is 4.39 Å². The van der Waals surface area contributed by atoms with Crippen molar-refractivity contribution in [2.45, 2.75) is 57.4 Å². The lowest BCUT2D eigenvalue weighted by Crippen LogP contribution is -2.57. The Morgan fingerprint density at radius 3 is 2.49 bits per heavy atom. The number of hydrogen-bond donors (Lipinski definition) is 0. The summed E-state index contributed by atoms with van der Waals surface area (Å²) in [5.41, 5.74) is 3.92. The summed E-state index contributed by atoms with van der Waals surface area (Å²) in [4.78, 5) is 34.6. The highest BCUT2D eigenvalue weighted by atomic mass is 19.1. The molecule has 1 atom stereocenters. The Kier molecular flexibility index (Phi) is 5.20. The van der Waals surface area contributed by atoms with Gasteiger partial charge in [0.05, 0.1) is 5.69 Å². The molecule has 0 radical (unpaired) electrons. The van der Waals surface area contributed by atoms with Crippen molar-refractivity contribution in [3.8, 4) is 11.3 Å². The van der Waals surface area contributed by atoms with Crippen LogP contribution in [0, 0.1) is 11.7 Å². The van der Waals surface area contributed by atoms with Crippen LogP contribution in [0.1, 0.15) is 62.1 Å². The van der Waals surface area contributed by atoms with Gasteiger partial charge in [-0.25, -0.2) is 9.37 Å². The van der Waals surface area contributed by atoms with Gasteiger partial charge in [0.1, 0.15) is 11.3 Å². The number of carbonyl (C=O) groups is 2. The monoisotopic (exact) mass is 475 g/mol. The Balaban J connectivity index is 1.28. The highest BCUT2D eigenvalue weighted by Gasteiger charge is 2.42. The lowest BCUT2D eigenvalue weighted by molar-refractivity contribution is -0.142. The number of carbonyl (C=O) groups excluding carboxylic acids is 2. The van der Waals surface area contributed by atoms with Crippen molar-refractivity contribution >= 4 is 22.9 Å². The van der Waals surface area contributed by atoms with E-state index in [2.05, 4.69) is 6.92 Å². The molecular formula is C28H30FN3O3. The van der Waals surface area contributed by atoms with Gasteiger partial charge in [0.25, 0.3) is 5.91 Å². The van der Waals surface area contributed by atoms with Gasteiger partial charge in [-0.1, -0.05) is 13.3 Å². The molecule has 0 spiro atoms. The number of halogens is 1. The van der Waals surface area contributed by atoms with Crippen LogP contribution in [-0.4, -0.2) is 52.3 Å². The molecule has 1 aliphatic heterocycles. The van der Waals surface area contributed by atoms with E-state index in [4.69, 9.17) is 9.40 Å². The standard InChI is InChI=1S/C28H30FN3O3/c1-17-16-31(12-13-32(17)26(33)19-4-3-5-19)27(34)24-15-23-25(35-24)21(28(2)10-11-28)14-22(30-23)18-6-8-20(29)9-7-18/h6-9,14-15,17,19H,3-5,10-13,16H2,1-2H3/t17-/m0/s1. The van der Waals surface area contributed by atoms with Crippen LogP contribution < -0.4 is 0 Å². The molecule has 2 saturated carbocycles. The van der Waals surface area contributed by atoms with Crippen LogP contribution in [0.3, 0.4) is 0 Å². The fourth-order valence-electron chi connectivity index (χ4n) is 5.32. The van der Waals surface area contributed by atoms with Crippen LogP contribution in [0.2, 0.25) is 0 Å². The zero-order chi connectivity index (χ0) is 24.3. The van der Waals surface area contributed by atoms with Crippen LogP contribution >= 0.6 is 0 Å². The molecule has 2 aromatic heterocycles. The normalized spacial score (nSPS) is 21.7. The minimum atomic E-state index is -0.288. The van der Waals surface area contributed by atoms with Crippen LogP contribution in [0.25, 0.3) is 22.4 Å². The molecule has 6 rings (SSSR count). The molecule has 0 bridgehead atoms. The van der Waals surface area contributed by atoms with E-state index in [1.54, 1.807) is 23.1 Å². The minimum Gasteiger partial charge on any atom is -0.449 e. The van der Waals surface area contributed by atoms with E-state index in [0.29, 0.717) is 30.7 Å². The van der Waals surface area contributed by atoms with Crippen LogP contribution in [0.5, 0.6) is 0 Å². The first-order chi connectivity index (χ1) is 16.8. The Labute approximate surface area is 204 Å². The number of piperazine rings is 1. The minimum absolute atomic E-state index is 0.00380. The predicted molar refractivity (Wildman–Crippen MR) is 130 cm³/mol. The van der Waals surface area contributed by atoms with Gasteiger partial charge in [-0.2, -0.15) is 0 Å². The molecule has 3 heterocycles. The molecule has 3 fully saturated rings. The molecule has 1 saturated heterocycles. The Hall–Kier alpha value is -3.22. The van der Waals surface area contributed by atoms with Gasteiger partial charge >= 0.3 is 0 Å². The van der Waals surface area contributed by atoms with Crippen molar-refractivity contribution in [1.29, 1.82) is 0 Å². The van der Waals surface area contributed by atoms with Gasteiger partial charge in [0, 0.05) is 48.8 Å². The number of nitrogens with zero attached hydrogens (tertiary/aromatic N) is 3. The third-order valence-electron chi connectivity index (χ3n) is 8.13. The molecule has 2 amide bonds. The fourth-order valence-corrected chi connectivity index (χ4v) is 5.32. The number of benzene rings is 1. The van der Waals surface area contributed by atoms with Crippen molar-refractivity contribution in [2.24, 2.45) is 5.92 Å². The summed E-state index contributed by atoms with van der Waals surface area (Å²) in [6.07, 6.45) is 5.20. The first kappa shape index (κ1) is 22.3. The smallest absolute Gasteiger partial charge is 0.289 e. The summed E-state index contributed by atoms with van der Waals surface area (Å²) < 4.78 is 19.6. The highest BCUT2D eigenvalue weighted by Crippen LogP contribution is 2.50. The second kappa shape index (κ2) is 8.18. The summed E-state index contributed by atoms with van der Waals surface area (Å²) in [7, 11) is 0. The van der Waals surface area contributed by atoms with Gasteiger partial charge in [-0.3, -0.25) is 9.59 Å². The van der Waals surface area contributed by atoms with E-state index in [-0.39, 0.29) is 40.8 Å². The van der Waals surface area contributed by atoms with Gasteiger partial charge in [0.15, 0.2) is 11.3 Å². The van der Waals surface area contributed by atoms with E-state index >= 15 is 0 Å². The number of pyridine rings is 1. The van der Waals surface area contributed by atoms with E-state index in [0.717, 1.165) is 48.9 Å². The molecule has 0 unspecified atom stereocenters. The number of fused-ring (bicyclic) bond motifs is 1. The van der Waals surface area contributed by atoms with Crippen molar-refractivity contribution in [3.63, 3.8) is 0 Å². The lowest BCUT2D eigenvalue weighted by Gasteiger charge is -2.42. The fraction of sp³-hybridized carbons (Fsp3) is 0.464. The molecule has 2 aliphatic carbocycles. The van der Waals surface area contributed by atoms with E-state index in [1.807, 2.05) is 17.9 Å². The van der Waals surface area contributed by atoms with E-state index in [9.17, 15) is 14.0 Å². The number of aromatic nitrogens is 1. The van der Waals surface area contributed by atoms with Gasteiger partial charge < -0.3 is 14.2 Å².